The van der Waals surface area contributed by atoms with Crippen molar-refractivity contribution in [1.82, 2.24) is 19.9 Å². The number of fused-ring (bicyclic) bond motifs is 1. The summed E-state index contributed by atoms with van der Waals surface area (Å²) in [5.41, 5.74) is 4.38. The molecule has 1 aliphatic heterocycles. The molecule has 38 heavy (non-hydrogen) atoms. The van der Waals surface area contributed by atoms with E-state index in [2.05, 4.69) is 10.3 Å². The summed E-state index contributed by atoms with van der Waals surface area (Å²) in [5.74, 6) is 1.47. The van der Waals surface area contributed by atoms with Crippen molar-refractivity contribution in [1.29, 1.82) is 0 Å². The van der Waals surface area contributed by atoms with Crippen molar-refractivity contribution in [2.45, 2.75) is 18.8 Å². The van der Waals surface area contributed by atoms with Crippen LogP contribution in [-0.4, -0.2) is 40.1 Å². The Kier molecular flexibility index (Phi) is 6.13. The van der Waals surface area contributed by atoms with E-state index in [4.69, 9.17) is 9.47 Å². The molecule has 0 saturated carbocycles. The fourth-order valence-electron chi connectivity index (χ4n) is 5.10. The number of aromatic nitrogens is 3. The summed E-state index contributed by atoms with van der Waals surface area (Å²) in [6.07, 6.45) is -0.467. The first-order valence-corrected chi connectivity index (χ1v) is 12.4. The Bertz CT molecular complexity index is 1550. The van der Waals surface area contributed by atoms with Crippen LogP contribution in [0.1, 0.15) is 23.3 Å². The minimum Gasteiger partial charge on any atom is -0.497 e. The Balaban J connectivity index is 1.55. The van der Waals surface area contributed by atoms with Crippen molar-refractivity contribution in [3.05, 3.63) is 114 Å². The number of carbonyl (C=O) groups is 1. The number of hydrogen-bond donors (Lipinski definition) is 0. The van der Waals surface area contributed by atoms with Gasteiger partial charge >= 0.3 is 6.03 Å². The molecular weight excluding hydrogens is 478 g/mol. The summed E-state index contributed by atoms with van der Waals surface area (Å²) in [5, 5.41) is 9.00. The first-order chi connectivity index (χ1) is 18.7. The first-order valence-electron chi connectivity index (χ1n) is 12.4. The minimum absolute atomic E-state index is 0.121. The van der Waals surface area contributed by atoms with Gasteiger partial charge in [-0.1, -0.05) is 59.8 Å². The van der Waals surface area contributed by atoms with Crippen LogP contribution in [0.25, 0.3) is 11.0 Å². The Morgan fingerprint density at radius 1 is 0.763 bits per heavy atom. The van der Waals surface area contributed by atoms with Gasteiger partial charge in [-0.15, -0.1) is 5.10 Å². The molecule has 1 aromatic heterocycles. The summed E-state index contributed by atoms with van der Waals surface area (Å²) in [6.45, 7) is 0.415. The third-order valence-electron chi connectivity index (χ3n) is 6.96. The van der Waals surface area contributed by atoms with E-state index in [0.29, 0.717) is 6.54 Å². The topological polar surface area (TPSA) is 72.7 Å². The Morgan fingerprint density at radius 3 is 2.08 bits per heavy atom. The van der Waals surface area contributed by atoms with Gasteiger partial charge in [0.15, 0.2) is 6.17 Å². The van der Waals surface area contributed by atoms with Gasteiger partial charge in [0.25, 0.3) is 0 Å². The highest BCUT2D eigenvalue weighted by atomic mass is 16.5. The number of rotatable bonds is 7. The van der Waals surface area contributed by atoms with Gasteiger partial charge in [0, 0.05) is 12.2 Å². The van der Waals surface area contributed by atoms with Crippen LogP contribution < -0.4 is 14.4 Å². The van der Waals surface area contributed by atoms with Crippen molar-refractivity contribution in [3.8, 4) is 11.5 Å². The number of para-hydroxylation sites is 1. The standard InChI is InChI=1S/C30H27N5O3/c1-37-24-16-12-22(13-17-24)28-29(35-27-11-7-6-10-26(27)31-32-35)33(20-21-8-4-3-5-9-21)30(36)34(28)23-14-18-25(38-2)19-15-23/h3-19,28-29H,20H2,1-2H3/t28-,29-/m1/s1. The second-order valence-corrected chi connectivity index (χ2v) is 9.12. The Labute approximate surface area is 220 Å². The molecule has 8 nitrogen and oxygen atoms in total. The molecule has 2 heterocycles. The highest BCUT2D eigenvalue weighted by Crippen LogP contribution is 2.46. The van der Waals surface area contributed by atoms with Crippen LogP contribution in [0.4, 0.5) is 10.5 Å². The summed E-state index contributed by atoms with van der Waals surface area (Å²) in [7, 11) is 3.27. The molecule has 0 radical (unpaired) electrons. The van der Waals surface area contributed by atoms with E-state index < -0.39 is 12.2 Å². The molecule has 1 fully saturated rings. The summed E-state index contributed by atoms with van der Waals surface area (Å²) >= 11 is 0. The molecule has 0 bridgehead atoms. The predicted octanol–water partition coefficient (Wildman–Crippen LogP) is 5.83. The molecule has 1 aliphatic rings. The highest BCUT2D eigenvalue weighted by Gasteiger charge is 2.49. The second-order valence-electron chi connectivity index (χ2n) is 9.12. The summed E-state index contributed by atoms with van der Waals surface area (Å²) < 4.78 is 12.7. The number of urea groups is 1. The van der Waals surface area contributed by atoms with Crippen molar-refractivity contribution in [2.24, 2.45) is 0 Å². The van der Waals surface area contributed by atoms with E-state index in [9.17, 15) is 4.79 Å². The van der Waals surface area contributed by atoms with Crippen LogP contribution in [0, 0.1) is 0 Å². The maximum atomic E-state index is 14.3. The lowest BCUT2D eigenvalue weighted by Gasteiger charge is -2.29. The number of hydrogen-bond acceptors (Lipinski definition) is 5. The summed E-state index contributed by atoms with van der Waals surface area (Å²) in [6, 6.07) is 32.7. The van der Waals surface area contributed by atoms with Crippen LogP contribution in [0.15, 0.2) is 103 Å². The fourth-order valence-corrected chi connectivity index (χ4v) is 5.10. The molecule has 2 amide bonds. The molecule has 6 rings (SSSR count). The van der Waals surface area contributed by atoms with Crippen LogP contribution in [-0.2, 0) is 6.54 Å². The van der Waals surface area contributed by atoms with Crippen molar-refractivity contribution < 1.29 is 14.3 Å². The average molecular weight is 506 g/mol. The van der Waals surface area contributed by atoms with Crippen LogP contribution in [0.3, 0.4) is 0 Å². The largest absolute Gasteiger partial charge is 0.497 e. The monoisotopic (exact) mass is 505 g/mol. The number of carbonyl (C=O) groups excluding carboxylic acids is 1. The summed E-state index contributed by atoms with van der Waals surface area (Å²) in [4.78, 5) is 18.1. The smallest absolute Gasteiger partial charge is 0.327 e. The number of anilines is 1. The molecule has 190 valence electrons. The van der Waals surface area contributed by atoms with E-state index >= 15 is 0 Å². The first kappa shape index (κ1) is 23.5. The molecule has 4 aromatic carbocycles. The van der Waals surface area contributed by atoms with E-state index in [0.717, 1.165) is 39.3 Å². The number of benzene rings is 4. The number of methoxy groups -OCH3 is 2. The molecule has 0 spiro atoms. The molecular formula is C30H27N5O3. The molecule has 0 N–H and O–H groups in total. The maximum Gasteiger partial charge on any atom is 0.327 e. The quantitative estimate of drug-likeness (QED) is 0.278. The van der Waals surface area contributed by atoms with Gasteiger partial charge in [0.2, 0.25) is 0 Å². The zero-order valence-electron chi connectivity index (χ0n) is 21.1. The third kappa shape index (κ3) is 4.10. The molecule has 5 aromatic rings. The zero-order valence-corrected chi connectivity index (χ0v) is 21.1. The molecule has 0 unspecified atom stereocenters. The van der Waals surface area contributed by atoms with E-state index in [1.165, 1.54) is 0 Å². The molecule has 0 aliphatic carbocycles. The van der Waals surface area contributed by atoms with Gasteiger partial charge in [0.05, 0.1) is 19.7 Å². The predicted molar refractivity (Wildman–Crippen MR) is 145 cm³/mol. The fraction of sp³-hybridized carbons (Fsp3) is 0.167. The second kappa shape index (κ2) is 9.89. The normalized spacial score (nSPS) is 17.3. The lowest BCUT2D eigenvalue weighted by atomic mass is 10.0. The van der Waals surface area contributed by atoms with Gasteiger partial charge < -0.3 is 9.47 Å². The van der Waals surface area contributed by atoms with E-state index in [-0.39, 0.29) is 6.03 Å². The van der Waals surface area contributed by atoms with Crippen molar-refractivity contribution >= 4 is 22.8 Å². The lowest BCUT2D eigenvalue weighted by molar-refractivity contribution is 0.163. The van der Waals surface area contributed by atoms with Gasteiger partial charge in [-0.2, -0.15) is 0 Å². The SMILES string of the molecule is COc1ccc([C@@H]2[C@@H](n3nnc4ccccc43)N(Cc3ccccc3)C(=O)N2c2ccc(OC)cc2)cc1. The number of nitrogens with zero attached hydrogens (tertiary/aromatic N) is 5. The van der Waals surface area contributed by atoms with Gasteiger partial charge in [0.1, 0.15) is 23.1 Å². The molecule has 1 saturated heterocycles. The van der Waals surface area contributed by atoms with E-state index in [1.54, 1.807) is 14.2 Å². The number of ether oxygens (including phenoxy) is 2. The van der Waals surface area contributed by atoms with Crippen LogP contribution in [0.5, 0.6) is 11.5 Å². The van der Waals surface area contributed by atoms with Crippen LogP contribution >= 0.6 is 0 Å². The molecule has 2 atom stereocenters. The lowest BCUT2D eigenvalue weighted by Crippen LogP contribution is -2.33. The average Bonchev–Trinajstić information content (AvgIpc) is 3.52. The van der Waals surface area contributed by atoms with Gasteiger partial charge in [-0.25, -0.2) is 9.48 Å². The maximum absolute atomic E-state index is 14.3. The third-order valence-corrected chi connectivity index (χ3v) is 6.96. The van der Waals surface area contributed by atoms with Gasteiger partial charge in [-0.3, -0.25) is 9.80 Å². The highest BCUT2D eigenvalue weighted by molar-refractivity contribution is 5.96. The van der Waals surface area contributed by atoms with Crippen molar-refractivity contribution in [3.63, 3.8) is 0 Å². The molecule has 8 heteroatoms. The van der Waals surface area contributed by atoms with Crippen LogP contribution in [0.2, 0.25) is 0 Å². The zero-order chi connectivity index (χ0) is 26.1. The Morgan fingerprint density at radius 2 is 1.39 bits per heavy atom. The number of amides is 2. The van der Waals surface area contributed by atoms with Crippen molar-refractivity contribution in [2.75, 3.05) is 19.1 Å². The minimum atomic E-state index is -0.467. The van der Waals surface area contributed by atoms with E-state index in [1.807, 2.05) is 118 Å². The van der Waals surface area contributed by atoms with Gasteiger partial charge in [-0.05, 0) is 59.7 Å². The Hall–Kier alpha value is -4.85.